The summed E-state index contributed by atoms with van der Waals surface area (Å²) in [5.74, 6) is 0.976. The van der Waals surface area contributed by atoms with Crippen LogP contribution < -0.4 is 10.1 Å². The molecule has 4 heteroatoms. The number of halogens is 1. The zero-order valence-corrected chi connectivity index (χ0v) is 18.4. The van der Waals surface area contributed by atoms with Gasteiger partial charge in [-0.2, -0.15) is 4.39 Å². The smallest absolute Gasteiger partial charge is 0.255 e. The lowest BCUT2D eigenvalue weighted by Crippen LogP contribution is -2.28. The van der Waals surface area contributed by atoms with Crippen molar-refractivity contribution < 1.29 is 13.9 Å². The van der Waals surface area contributed by atoms with Gasteiger partial charge in [-0.3, -0.25) is 4.79 Å². The van der Waals surface area contributed by atoms with E-state index in [1.54, 1.807) is 24.3 Å². The van der Waals surface area contributed by atoms with E-state index >= 15 is 0 Å². The molecule has 0 saturated heterocycles. The van der Waals surface area contributed by atoms with Gasteiger partial charge in [-0.1, -0.05) is 51.5 Å². The molecule has 29 heavy (non-hydrogen) atoms. The fraction of sp³-hybridized carbons (Fsp3) is 0.400. The summed E-state index contributed by atoms with van der Waals surface area (Å²) >= 11 is 0. The van der Waals surface area contributed by atoms with Gasteiger partial charge in [0, 0.05) is 26.0 Å². The summed E-state index contributed by atoms with van der Waals surface area (Å²) in [7, 11) is 0. The van der Waals surface area contributed by atoms with E-state index in [0.29, 0.717) is 0 Å². The van der Waals surface area contributed by atoms with Gasteiger partial charge in [-0.15, -0.1) is 6.42 Å². The van der Waals surface area contributed by atoms with Gasteiger partial charge in [0.1, 0.15) is 5.75 Å². The highest BCUT2D eigenvalue weighted by Crippen LogP contribution is 2.27. The minimum absolute atomic E-state index is 0.197. The maximum absolute atomic E-state index is 13.9. The van der Waals surface area contributed by atoms with Gasteiger partial charge in [0.15, 0.2) is 0 Å². The van der Waals surface area contributed by atoms with Crippen LogP contribution in [0.15, 0.2) is 59.2 Å². The fourth-order valence-electron chi connectivity index (χ4n) is 3.08. The molecule has 3 nitrogen and oxygen atoms in total. The first kappa shape index (κ1) is 24.2. The number of benzene rings is 1. The van der Waals surface area contributed by atoms with Crippen LogP contribution in [0, 0.1) is 18.3 Å². The lowest BCUT2D eigenvalue weighted by atomic mass is 9.88. The van der Waals surface area contributed by atoms with Crippen LogP contribution in [0.2, 0.25) is 0 Å². The van der Waals surface area contributed by atoms with Gasteiger partial charge in [0.2, 0.25) is 5.85 Å². The number of amides is 1. The van der Waals surface area contributed by atoms with Crippen LogP contribution in [0.1, 0.15) is 58.3 Å². The molecule has 0 aromatic heterocycles. The first-order chi connectivity index (χ1) is 13.5. The van der Waals surface area contributed by atoms with Crippen LogP contribution in [0.3, 0.4) is 0 Å². The molecule has 0 saturated carbocycles. The first-order valence-electron chi connectivity index (χ1n) is 9.81. The Bertz CT molecular complexity index is 848. The van der Waals surface area contributed by atoms with Crippen molar-refractivity contribution in [1.29, 1.82) is 0 Å². The van der Waals surface area contributed by atoms with Crippen molar-refractivity contribution in [2.45, 2.75) is 53.8 Å². The Kier molecular flexibility index (Phi) is 8.91. The van der Waals surface area contributed by atoms with E-state index in [9.17, 15) is 9.18 Å². The maximum atomic E-state index is 13.9. The second-order valence-corrected chi connectivity index (χ2v) is 7.66. The average molecular weight is 398 g/mol. The monoisotopic (exact) mass is 397 g/mol. The molecule has 0 aliphatic carbocycles. The predicted molar refractivity (Wildman–Crippen MR) is 118 cm³/mol. The number of para-hydroxylation sites is 1. The molecule has 0 heterocycles. The van der Waals surface area contributed by atoms with E-state index in [1.165, 1.54) is 13.8 Å². The van der Waals surface area contributed by atoms with E-state index in [1.807, 2.05) is 13.0 Å². The predicted octanol–water partition coefficient (Wildman–Crippen LogP) is 6.00. The number of ether oxygens (including phenoxy) is 1. The number of nitrogens with one attached hydrogen (secondary N) is 1. The molecule has 0 radical (unpaired) electrons. The number of hydrogen-bond donors (Lipinski definition) is 1. The molecule has 1 aromatic rings. The van der Waals surface area contributed by atoms with Crippen LogP contribution in [-0.2, 0) is 0 Å². The van der Waals surface area contributed by atoms with Crippen molar-refractivity contribution >= 4 is 5.91 Å². The third-order valence-electron chi connectivity index (χ3n) is 4.26. The minimum Gasteiger partial charge on any atom is -0.458 e. The Morgan fingerprint density at radius 3 is 2.52 bits per heavy atom. The minimum atomic E-state index is -1.88. The molecular formula is C25H32FNO2. The average Bonchev–Trinajstić information content (AvgIpc) is 2.64. The van der Waals surface area contributed by atoms with Gasteiger partial charge in [0.05, 0.1) is 5.56 Å². The molecule has 0 fully saturated rings. The number of hydrogen-bond acceptors (Lipinski definition) is 2. The van der Waals surface area contributed by atoms with Crippen molar-refractivity contribution in [3.63, 3.8) is 0 Å². The zero-order valence-electron chi connectivity index (χ0n) is 18.4. The van der Waals surface area contributed by atoms with Crippen molar-refractivity contribution in [1.82, 2.24) is 5.32 Å². The summed E-state index contributed by atoms with van der Waals surface area (Å²) in [6.07, 6.45) is 8.38. The summed E-state index contributed by atoms with van der Waals surface area (Å²) in [5, 5.41) is 2.82. The second-order valence-electron chi connectivity index (χ2n) is 7.66. The summed E-state index contributed by atoms with van der Waals surface area (Å²) in [6.45, 7) is 15.1. The van der Waals surface area contributed by atoms with Crippen molar-refractivity contribution in [2.75, 3.05) is 6.54 Å². The molecule has 0 aliphatic rings. The molecule has 1 rings (SSSR count). The van der Waals surface area contributed by atoms with E-state index in [-0.39, 0.29) is 29.7 Å². The van der Waals surface area contributed by atoms with Crippen LogP contribution >= 0.6 is 0 Å². The van der Waals surface area contributed by atoms with Crippen LogP contribution in [0.5, 0.6) is 5.75 Å². The Balaban J connectivity index is 2.96. The normalized spacial score (nSPS) is 12.9. The third-order valence-corrected chi connectivity index (χ3v) is 4.26. The number of alkyl halides is 1. The Hall–Kier alpha value is -2.80. The van der Waals surface area contributed by atoms with E-state index < -0.39 is 5.85 Å². The Morgan fingerprint density at radius 1 is 1.38 bits per heavy atom. The van der Waals surface area contributed by atoms with Crippen molar-refractivity contribution in [2.24, 2.45) is 5.92 Å². The number of rotatable bonds is 9. The molecule has 1 amide bonds. The lowest BCUT2D eigenvalue weighted by Gasteiger charge is -2.19. The number of allylic oxidation sites excluding steroid dienone is 3. The number of carbonyl (C=O) groups is 1. The summed E-state index contributed by atoms with van der Waals surface area (Å²) < 4.78 is 19.1. The van der Waals surface area contributed by atoms with Gasteiger partial charge in [0.25, 0.3) is 5.91 Å². The van der Waals surface area contributed by atoms with E-state index in [0.717, 1.165) is 28.7 Å². The second kappa shape index (κ2) is 10.7. The highest BCUT2D eigenvalue weighted by Gasteiger charge is 2.21. The summed E-state index contributed by atoms with van der Waals surface area (Å²) in [4.78, 5) is 12.6. The number of carbonyl (C=O) groups excluding carboxylic acids is 1. The molecule has 0 aliphatic heterocycles. The van der Waals surface area contributed by atoms with Gasteiger partial charge in [-0.25, -0.2) is 0 Å². The Morgan fingerprint density at radius 2 is 2.00 bits per heavy atom. The molecule has 0 atom stereocenters. The van der Waals surface area contributed by atoms with Gasteiger partial charge >= 0.3 is 0 Å². The molecule has 0 spiro atoms. The lowest BCUT2D eigenvalue weighted by molar-refractivity contribution is -0.0261. The molecule has 0 bridgehead atoms. The molecule has 1 N–H and O–H groups in total. The van der Waals surface area contributed by atoms with Crippen molar-refractivity contribution in [3.05, 3.63) is 64.8 Å². The number of terminal acetylenes is 1. The molecular weight excluding hydrogens is 365 g/mol. The quantitative estimate of drug-likeness (QED) is 0.410. The third kappa shape index (κ3) is 7.62. The SMILES string of the molecule is C#C/C(C)=C(/C(=C/C(=C)CNC(=O)c1ccccc1OC(C)(C)F)CC)C(C)C. The van der Waals surface area contributed by atoms with Crippen LogP contribution in [0.25, 0.3) is 0 Å². The van der Waals surface area contributed by atoms with E-state index in [4.69, 9.17) is 11.2 Å². The topological polar surface area (TPSA) is 38.3 Å². The largest absolute Gasteiger partial charge is 0.458 e. The van der Waals surface area contributed by atoms with Crippen molar-refractivity contribution in [3.8, 4) is 18.1 Å². The van der Waals surface area contributed by atoms with Crippen LogP contribution in [-0.4, -0.2) is 18.3 Å². The highest BCUT2D eigenvalue weighted by molar-refractivity contribution is 5.97. The Labute approximate surface area is 174 Å². The van der Waals surface area contributed by atoms with Gasteiger partial charge in [-0.05, 0) is 48.1 Å². The fourth-order valence-corrected chi connectivity index (χ4v) is 3.08. The maximum Gasteiger partial charge on any atom is 0.255 e. The van der Waals surface area contributed by atoms with Crippen LogP contribution in [0.4, 0.5) is 4.39 Å². The zero-order chi connectivity index (χ0) is 22.2. The molecule has 156 valence electrons. The highest BCUT2D eigenvalue weighted by atomic mass is 19.2. The summed E-state index contributed by atoms with van der Waals surface area (Å²) in [6, 6.07) is 6.57. The summed E-state index contributed by atoms with van der Waals surface area (Å²) in [5.41, 5.74) is 4.17. The first-order valence-corrected chi connectivity index (χ1v) is 9.81. The van der Waals surface area contributed by atoms with E-state index in [2.05, 4.69) is 38.6 Å². The molecule has 0 unspecified atom stereocenters. The standard InChI is InChI=1S/C25H32FNO2/c1-9-19(6)23(17(3)4)20(10-2)15-18(5)16-27-24(28)21-13-11-12-14-22(21)29-25(7,8)26/h1,11-15,17H,5,10,16H2,2-4,6-8H3,(H,27,28)/b20-15+,23-19+. The van der Waals surface area contributed by atoms with Gasteiger partial charge < -0.3 is 10.1 Å². The molecule has 1 aromatic carbocycles.